The SMILES string of the molecule is CCCCCCCCCCCCCCc1cc(C)cc(-c2cc(C)cc(-n3c4ccccc4c4cc(-c5ccc(N(c6ccc(-c7ccccc7)cc6)c6ccccc6-c6ccccc6)cc5)ccc43)c2)c1. The fraction of sp³-hybridized carbons (Fsp3) is 0.229. The van der Waals surface area contributed by atoms with Gasteiger partial charge in [0.2, 0.25) is 0 Å². The minimum absolute atomic E-state index is 1.10. The largest absolute Gasteiger partial charge is 0.310 e. The molecule has 10 rings (SSSR count). The average molecular weight is 939 g/mol. The second-order valence-electron chi connectivity index (χ2n) is 20.2. The first-order valence-corrected chi connectivity index (χ1v) is 27.0. The molecule has 0 aliphatic carbocycles. The maximum Gasteiger partial charge on any atom is 0.0541 e. The number of hydrogen-bond acceptors (Lipinski definition) is 1. The van der Waals surface area contributed by atoms with Gasteiger partial charge in [0.25, 0.3) is 0 Å². The van der Waals surface area contributed by atoms with Gasteiger partial charge in [-0.2, -0.15) is 0 Å². The second-order valence-corrected chi connectivity index (χ2v) is 20.2. The summed E-state index contributed by atoms with van der Waals surface area (Å²) in [5.41, 5.74) is 20.8. The molecule has 1 heterocycles. The normalized spacial score (nSPS) is 11.4. The number of benzene rings is 9. The first kappa shape index (κ1) is 48.2. The van der Waals surface area contributed by atoms with Crippen molar-refractivity contribution in [2.45, 2.75) is 104 Å². The van der Waals surface area contributed by atoms with E-state index >= 15 is 0 Å². The molecule has 9 aromatic carbocycles. The van der Waals surface area contributed by atoms with E-state index < -0.39 is 0 Å². The summed E-state index contributed by atoms with van der Waals surface area (Å²) in [6, 6.07) is 78.5. The summed E-state index contributed by atoms with van der Waals surface area (Å²) >= 11 is 0. The second kappa shape index (κ2) is 23.2. The Labute approximate surface area is 429 Å². The van der Waals surface area contributed by atoms with Crippen LogP contribution in [0, 0.1) is 13.8 Å². The van der Waals surface area contributed by atoms with Crippen LogP contribution in [0.4, 0.5) is 17.1 Å². The molecule has 10 aromatic rings. The lowest BCUT2D eigenvalue weighted by Crippen LogP contribution is -2.11. The highest BCUT2D eigenvalue weighted by atomic mass is 15.1. The van der Waals surface area contributed by atoms with Crippen LogP contribution in [-0.2, 0) is 6.42 Å². The van der Waals surface area contributed by atoms with Gasteiger partial charge in [-0.05, 0) is 137 Å². The minimum atomic E-state index is 1.10. The molecule has 0 spiro atoms. The van der Waals surface area contributed by atoms with Gasteiger partial charge in [-0.1, -0.05) is 235 Å². The van der Waals surface area contributed by atoms with Crippen molar-refractivity contribution in [3.05, 3.63) is 229 Å². The molecule has 0 N–H and O–H groups in total. The van der Waals surface area contributed by atoms with Crippen LogP contribution in [0.3, 0.4) is 0 Å². The van der Waals surface area contributed by atoms with Crippen LogP contribution in [0.5, 0.6) is 0 Å². The molecule has 0 amide bonds. The summed E-state index contributed by atoms with van der Waals surface area (Å²) in [5, 5.41) is 2.52. The van der Waals surface area contributed by atoms with Crippen LogP contribution in [-0.4, -0.2) is 4.57 Å². The van der Waals surface area contributed by atoms with Crippen molar-refractivity contribution in [2.75, 3.05) is 4.90 Å². The van der Waals surface area contributed by atoms with Gasteiger partial charge < -0.3 is 9.47 Å². The fourth-order valence-electron chi connectivity index (χ4n) is 11.0. The van der Waals surface area contributed by atoms with Gasteiger partial charge in [-0.3, -0.25) is 0 Å². The maximum atomic E-state index is 2.47. The number of fused-ring (bicyclic) bond motifs is 3. The zero-order chi connectivity index (χ0) is 49.1. The third kappa shape index (κ3) is 11.2. The lowest BCUT2D eigenvalue weighted by molar-refractivity contribution is 0.544. The van der Waals surface area contributed by atoms with Gasteiger partial charge in [0, 0.05) is 33.4 Å². The Bertz CT molecular complexity index is 3340. The Morgan fingerprint density at radius 1 is 0.347 bits per heavy atom. The zero-order valence-corrected chi connectivity index (χ0v) is 42.8. The van der Waals surface area contributed by atoms with Crippen molar-refractivity contribution < 1.29 is 0 Å². The molecule has 0 bridgehead atoms. The van der Waals surface area contributed by atoms with E-state index in [1.54, 1.807) is 0 Å². The first-order chi connectivity index (χ1) is 35.5. The molecule has 0 unspecified atom stereocenters. The molecule has 1 aromatic heterocycles. The van der Waals surface area contributed by atoms with Crippen molar-refractivity contribution in [2.24, 2.45) is 0 Å². The van der Waals surface area contributed by atoms with Gasteiger partial charge in [-0.15, -0.1) is 0 Å². The number of rotatable bonds is 21. The van der Waals surface area contributed by atoms with E-state index in [-0.39, 0.29) is 0 Å². The number of para-hydroxylation sites is 2. The Hall–Kier alpha value is -7.42. The highest BCUT2D eigenvalue weighted by Gasteiger charge is 2.19. The fourth-order valence-corrected chi connectivity index (χ4v) is 11.0. The molecule has 0 saturated carbocycles. The third-order valence-corrected chi connectivity index (χ3v) is 14.7. The van der Waals surface area contributed by atoms with Crippen molar-refractivity contribution in [3.63, 3.8) is 0 Å². The molecule has 360 valence electrons. The van der Waals surface area contributed by atoms with Gasteiger partial charge in [0.1, 0.15) is 0 Å². The summed E-state index contributed by atoms with van der Waals surface area (Å²) in [6.45, 7) is 6.80. The van der Waals surface area contributed by atoms with Crippen molar-refractivity contribution in [1.82, 2.24) is 4.57 Å². The van der Waals surface area contributed by atoms with Crippen molar-refractivity contribution in [1.29, 1.82) is 0 Å². The molecule has 0 saturated heterocycles. The zero-order valence-electron chi connectivity index (χ0n) is 42.8. The Balaban J connectivity index is 0.912. The molecular formula is C70H70N2. The summed E-state index contributed by atoms with van der Waals surface area (Å²) in [5.74, 6) is 0. The Kier molecular flexibility index (Phi) is 15.5. The Morgan fingerprint density at radius 3 is 1.51 bits per heavy atom. The van der Waals surface area contributed by atoms with E-state index in [1.165, 1.54) is 166 Å². The summed E-state index contributed by atoms with van der Waals surface area (Å²) in [4.78, 5) is 2.39. The van der Waals surface area contributed by atoms with Gasteiger partial charge in [0.05, 0.1) is 16.7 Å². The van der Waals surface area contributed by atoms with Crippen LogP contribution in [0.25, 0.3) is 72.0 Å². The summed E-state index contributed by atoms with van der Waals surface area (Å²) in [6.07, 6.45) is 17.7. The molecule has 0 atom stereocenters. The van der Waals surface area contributed by atoms with E-state index in [4.69, 9.17) is 0 Å². The van der Waals surface area contributed by atoms with Crippen LogP contribution < -0.4 is 4.90 Å². The molecule has 2 heteroatoms. The summed E-state index contributed by atoms with van der Waals surface area (Å²) < 4.78 is 2.47. The van der Waals surface area contributed by atoms with E-state index in [0.29, 0.717) is 0 Å². The van der Waals surface area contributed by atoms with E-state index in [0.717, 1.165) is 23.5 Å². The molecule has 0 fully saturated rings. The lowest BCUT2D eigenvalue weighted by atomic mass is 9.96. The van der Waals surface area contributed by atoms with Crippen LogP contribution >= 0.6 is 0 Å². The average Bonchev–Trinajstić information content (AvgIpc) is 3.76. The standard InChI is InChI=1S/C70H70N2/c1-4-5-6-7-8-9-10-11-12-13-14-17-26-54-45-52(2)46-60(49-54)61-47-53(3)48-64(50-61)72-69-34-25-23-32-66(69)67-51-59(39-44-70(67)72)57-37-42-63(43-38-57)71(62-40-35-56(36-41-62)55-27-18-15-19-28-55)68-33-24-22-31-65(68)58-29-20-16-21-30-58/h15-16,18-25,27-51H,4-14,17,26H2,1-3H3. The predicted molar refractivity (Wildman–Crippen MR) is 311 cm³/mol. The topological polar surface area (TPSA) is 8.17 Å². The van der Waals surface area contributed by atoms with Crippen LogP contribution in [0.2, 0.25) is 0 Å². The highest BCUT2D eigenvalue weighted by molar-refractivity contribution is 6.10. The predicted octanol–water partition coefficient (Wildman–Crippen LogP) is 20.8. The van der Waals surface area contributed by atoms with Crippen molar-refractivity contribution >= 4 is 38.9 Å². The number of aromatic nitrogens is 1. The monoisotopic (exact) mass is 939 g/mol. The number of anilines is 3. The molecule has 2 nitrogen and oxygen atoms in total. The number of unbranched alkanes of at least 4 members (excludes halogenated alkanes) is 11. The number of hydrogen-bond donors (Lipinski definition) is 0. The van der Waals surface area contributed by atoms with Gasteiger partial charge >= 0.3 is 0 Å². The summed E-state index contributed by atoms with van der Waals surface area (Å²) in [7, 11) is 0. The van der Waals surface area contributed by atoms with Crippen LogP contribution in [0.15, 0.2) is 212 Å². The van der Waals surface area contributed by atoms with Crippen LogP contribution in [0.1, 0.15) is 101 Å². The van der Waals surface area contributed by atoms with E-state index in [2.05, 4.69) is 243 Å². The van der Waals surface area contributed by atoms with Gasteiger partial charge in [-0.25, -0.2) is 0 Å². The number of nitrogens with zero attached hydrogens (tertiary/aromatic N) is 2. The maximum absolute atomic E-state index is 2.47. The Morgan fingerprint density at radius 2 is 0.847 bits per heavy atom. The molecule has 72 heavy (non-hydrogen) atoms. The minimum Gasteiger partial charge on any atom is -0.310 e. The first-order valence-electron chi connectivity index (χ1n) is 27.0. The quantitative estimate of drug-likeness (QED) is 0.0652. The smallest absolute Gasteiger partial charge is 0.0541 e. The highest BCUT2D eigenvalue weighted by Crippen LogP contribution is 2.43. The van der Waals surface area contributed by atoms with Crippen molar-refractivity contribution in [3.8, 4) is 50.2 Å². The molecular weight excluding hydrogens is 869 g/mol. The van der Waals surface area contributed by atoms with Gasteiger partial charge in [0.15, 0.2) is 0 Å². The van der Waals surface area contributed by atoms with E-state index in [9.17, 15) is 0 Å². The molecule has 0 radical (unpaired) electrons. The lowest BCUT2D eigenvalue weighted by Gasteiger charge is -2.28. The molecule has 0 aliphatic heterocycles. The molecule has 0 aliphatic rings. The third-order valence-electron chi connectivity index (χ3n) is 14.7. The number of aryl methyl sites for hydroxylation is 3. The van der Waals surface area contributed by atoms with E-state index in [1.807, 2.05) is 0 Å².